The van der Waals surface area contributed by atoms with Crippen molar-refractivity contribution >= 4 is 0 Å². The Morgan fingerprint density at radius 1 is 1.05 bits per heavy atom. The maximum Gasteiger partial charge on any atom is 0.181 e. The van der Waals surface area contributed by atoms with Gasteiger partial charge in [0.2, 0.25) is 0 Å². The fraction of sp³-hybridized carbons (Fsp3) is 0.267. The molecule has 0 bridgehead atoms. The molecule has 0 atom stereocenters. The van der Waals surface area contributed by atoms with Gasteiger partial charge in [0.1, 0.15) is 0 Å². The standard InChI is InChI=1S/C15H17N5/c1-11(2)20-15(13-9-16-19(3)10-13)17-14(18-20)12-7-5-4-6-8-12/h4-11H,1-3H3. The van der Waals surface area contributed by atoms with Crippen LogP contribution in [0.25, 0.3) is 22.8 Å². The molecule has 102 valence electrons. The van der Waals surface area contributed by atoms with Crippen molar-refractivity contribution in [2.24, 2.45) is 7.05 Å². The van der Waals surface area contributed by atoms with Gasteiger partial charge in [0.25, 0.3) is 0 Å². The minimum atomic E-state index is 0.246. The lowest BCUT2D eigenvalue weighted by atomic mass is 10.2. The first kappa shape index (κ1) is 12.6. The lowest BCUT2D eigenvalue weighted by molar-refractivity contribution is 0.539. The monoisotopic (exact) mass is 267 g/mol. The highest BCUT2D eigenvalue weighted by atomic mass is 15.4. The molecule has 0 saturated heterocycles. The van der Waals surface area contributed by atoms with Crippen LogP contribution in [0, 0.1) is 0 Å². The van der Waals surface area contributed by atoms with Crippen molar-refractivity contribution in [1.82, 2.24) is 24.5 Å². The third-order valence-corrected chi connectivity index (χ3v) is 3.12. The summed E-state index contributed by atoms with van der Waals surface area (Å²) in [6.45, 7) is 4.20. The Hall–Kier alpha value is -2.43. The summed E-state index contributed by atoms with van der Waals surface area (Å²) >= 11 is 0. The summed E-state index contributed by atoms with van der Waals surface area (Å²) in [5.41, 5.74) is 2.01. The first-order valence-electron chi connectivity index (χ1n) is 6.66. The smallest absolute Gasteiger partial charge is 0.181 e. The molecule has 0 saturated carbocycles. The van der Waals surface area contributed by atoms with Gasteiger partial charge < -0.3 is 0 Å². The van der Waals surface area contributed by atoms with Crippen LogP contribution in [-0.2, 0) is 7.05 Å². The predicted octanol–water partition coefficient (Wildman–Crippen LogP) is 2.93. The van der Waals surface area contributed by atoms with Crippen LogP contribution in [0.3, 0.4) is 0 Å². The Morgan fingerprint density at radius 2 is 1.80 bits per heavy atom. The minimum Gasteiger partial charge on any atom is -0.275 e. The van der Waals surface area contributed by atoms with Crippen molar-refractivity contribution in [3.8, 4) is 22.8 Å². The van der Waals surface area contributed by atoms with Crippen LogP contribution < -0.4 is 0 Å². The summed E-state index contributed by atoms with van der Waals surface area (Å²) in [5.74, 6) is 1.60. The zero-order valence-corrected chi connectivity index (χ0v) is 11.9. The zero-order chi connectivity index (χ0) is 14.1. The highest BCUT2D eigenvalue weighted by molar-refractivity contribution is 5.60. The predicted molar refractivity (Wildman–Crippen MR) is 78.0 cm³/mol. The van der Waals surface area contributed by atoms with Gasteiger partial charge in [0, 0.05) is 24.8 Å². The molecule has 0 amide bonds. The molecular formula is C15H17N5. The van der Waals surface area contributed by atoms with Crippen LogP contribution in [0.1, 0.15) is 19.9 Å². The van der Waals surface area contributed by atoms with E-state index < -0.39 is 0 Å². The molecule has 2 heterocycles. The fourth-order valence-corrected chi connectivity index (χ4v) is 2.13. The van der Waals surface area contributed by atoms with Gasteiger partial charge in [-0.1, -0.05) is 30.3 Å². The molecule has 0 unspecified atom stereocenters. The normalized spacial score (nSPS) is 11.2. The van der Waals surface area contributed by atoms with Crippen LogP contribution in [-0.4, -0.2) is 24.5 Å². The molecule has 0 fully saturated rings. The highest BCUT2D eigenvalue weighted by Gasteiger charge is 2.16. The number of aromatic nitrogens is 5. The molecule has 20 heavy (non-hydrogen) atoms. The number of rotatable bonds is 3. The van der Waals surface area contributed by atoms with Gasteiger partial charge in [-0.2, -0.15) is 10.2 Å². The average Bonchev–Trinajstić information content (AvgIpc) is 3.05. The topological polar surface area (TPSA) is 48.5 Å². The summed E-state index contributed by atoms with van der Waals surface area (Å²) in [7, 11) is 1.90. The van der Waals surface area contributed by atoms with Gasteiger partial charge in [0.15, 0.2) is 11.6 Å². The summed E-state index contributed by atoms with van der Waals surface area (Å²) in [6.07, 6.45) is 3.77. The van der Waals surface area contributed by atoms with E-state index in [0.717, 1.165) is 22.8 Å². The zero-order valence-electron chi connectivity index (χ0n) is 11.9. The summed E-state index contributed by atoms with van der Waals surface area (Å²) in [6, 6.07) is 10.3. The molecular weight excluding hydrogens is 250 g/mol. The Balaban J connectivity index is 2.12. The first-order chi connectivity index (χ1) is 9.65. The van der Waals surface area contributed by atoms with Crippen LogP contribution in [0.5, 0.6) is 0 Å². The van der Waals surface area contributed by atoms with Crippen LogP contribution in [0.15, 0.2) is 42.7 Å². The second kappa shape index (κ2) is 4.92. The van der Waals surface area contributed by atoms with Crippen LogP contribution >= 0.6 is 0 Å². The van der Waals surface area contributed by atoms with E-state index in [1.54, 1.807) is 4.68 Å². The molecule has 3 aromatic rings. The van der Waals surface area contributed by atoms with E-state index in [9.17, 15) is 0 Å². The van der Waals surface area contributed by atoms with Crippen LogP contribution in [0.4, 0.5) is 0 Å². The van der Waals surface area contributed by atoms with E-state index >= 15 is 0 Å². The van der Waals surface area contributed by atoms with Gasteiger partial charge in [-0.25, -0.2) is 9.67 Å². The Labute approximate surface area is 117 Å². The maximum atomic E-state index is 4.68. The number of hydrogen-bond donors (Lipinski definition) is 0. The minimum absolute atomic E-state index is 0.246. The lowest BCUT2D eigenvalue weighted by Gasteiger charge is -2.07. The van der Waals surface area contributed by atoms with Crippen molar-refractivity contribution in [3.05, 3.63) is 42.7 Å². The third-order valence-electron chi connectivity index (χ3n) is 3.12. The van der Waals surface area contributed by atoms with Gasteiger partial charge in [-0.3, -0.25) is 4.68 Å². The summed E-state index contributed by atoms with van der Waals surface area (Å²) < 4.78 is 3.72. The Morgan fingerprint density at radius 3 is 2.40 bits per heavy atom. The Bertz CT molecular complexity index is 709. The second-order valence-corrected chi connectivity index (χ2v) is 5.07. The molecule has 0 spiro atoms. The molecule has 0 aliphatic carbocycles. The molecule has 0 radical (unpaired) electrons. The van der Waals surface area contributed by atoms with Gasteiger partial charge >= 0.3 is 0 Å². The first-order valence-corrected chi connectivity index (χ1v) is 6.66. The molecule has 0 N–H and O–H groups in total. The number of nitrogens with zero attached hydrogens (tertiary/aromatic N) is 5. The van der Waals surface area contributed by atoms with E-state index in [0.29, 0.717) is 0 Å². The van der Waals surface area contributed by atoms with Crippen molar-refractivity contribution in [2.45, 2.75) is 19.9 Å². The number of aryl methyl sites for hydroxylation is 1. The van der Waals surface area contributed by atoms with Gasteiger partial charge in [0.05, 0.1) is 11.8 Å². The molecule has 0 aliphatic rings. The quantitative estimate of drug-likeness (QED) is 0.733. The summed E-state index contributed by atoms with van der Waals surface area (Å²) in [5, 5.41) is 8.85. The van der Waals surface area contributed by atoms with Crippen molar-refractivity contribution in [1.29, 1.82) is 0 Å². The third kappa shape index (κ3) is 2.22. The average molecular weight is 267 g/mol. The van der Waals surface area contributed by atoms with Crippen molar-refractivity contribution in [2.75, 3.05) is 0 Å². The fourth-order valence-electron chi connectivity index (χ4n) is 2.13. The SMILES string of the molecule is CC(C)n1nc(-c2ccccc2)nc1-c1cnn(C)c1. The van der Waals surface area contributed by atoms with Crippen LogP contribution in [0.2, 0.25) is 0 Å². The summed E-state index contributed by atoms with van der Waals surface area (Å²) in [4.78, 5) is 4.68. The van der Waals surface area contributed by atoms with E-state index in [1.807, 2.05) is 54.5 Å². The molecule has 5 nitrogen and oxygen atoms in total. The highest BCUT2D eigenvalue weighted by Crippen LogP contribution is 2.24. The van der Waals surface area contributed by atoms with E-state index in [4.69, 9.17) is 0 Å². The van der Waals surface area contributed by atoms with E-state index in [-0.39, 0.29) is 6.04 Å². The molecule has 0 aliphatic heterocycles. The molecule has 2 aromatic heterocycles. The Kier molecular flexibility index (Phi) is 3.10. The number of benzene rings is 1. The number of hydrogen-bond acceptors (Lipinski definition) is 3. The molecule has 1 aromatic carbocycles. The largest absolute Gasteiger partial charge is 0.275 e. The van der Waals surface area contributed by atoms with Gasteiger partial charge in [-0.05, 0) is 13.8 Å². The molecule has 3 rings (SSSR count). The maximum absolute atomic E-state index is 4.68. The van der Waals surface area contributed by atoms with Gasteiger partial charge in [-0.15, -0.1) is 0 Å². The van der Waals surface area contributed by atoms with Crippen molar-refractivity contribution < 1.29 is 0 Å². The van der Waals surface area contributed by atoms with Crippen molar-refractivity contribution in [3.63, 3.8) is 0 Å². The van der Waals surface area contributed by atoms with E-state index in [2.05, 4.69) is 29.0 Å². The molecule has 5 heteroatoms. The lowest BCUT2D eigenvalue weighted by Crippen LogP contribution is -2.04. The van der Waals surface area contributed by atoms with E-state index in [1.165, 1.54) is 0 Å². The second-order valence-electron chi connectivity index (χ2n) is 5.07.